The summed E-state index contributed by atoms with van der Waals surface area (Å²) in [6, 6.07) is 15.5. The lowest BCUT2D eigenvalue weighted by atomic mass is 10.1. The van der Waals surface area contributed by atoms with Crippen molar-refractivity contribution >= 4 is 33.4 Å². The molecule has 0 radical (unpaired) electrons. The van der Waals surface area contributed by atoms with Crippen LogP contribution < -0.4 is 10.6 Å². The van der Waals surface area contributed by atoms with Crippen LogP contribution in [0.4, 0.5) is 0 Å². The van der Waals surface area contributed by atoms with E-state index < -0.39 is 0 Å². The molecule has 2 aromatic carbocycles. The van der Waals surface area contributed by atoms with E-state index in [-0.39, 0.29) is 24.5 Å². The molecule has 0 aliphatic rings. The van der Waals surface area contributed by atoms with Crippen molar-refractivity contribution in [3.8, 4) is 0 Å². The smallest absolute Gasteiger partial charge is 0.234 e. The summed E-state index contributed by atoms with van der Waals surface area (Å²) in [5, 5.41) is 6.89. The number of carbonyl (C=O) groups excluding carboxylic acids is 1. The summed E-state index contributed by atoms with van der Waals surface area (Å²) < 4.78 is 1.02. The van der Waals surface area contributed by atoms with Crippen molar-refractivity contribution in [1.82, 2.24) is 10.6 Å². The fourth-order valence-electron chi connectivity index (χ4n) is 2.31. The Kier molecular flexibility index (Phi) is 6.63. The molecule has 1 amide bonds. The molecule has 0 aliphatic carbocycles. The van der Waals surface area contributed by atoms with Crippen LogP contribution in [0.25, 0.3) is 0 Å². The fourth-order valence-corrected chi connectivity index (χ4v) is 2.87. The van der Waals surface area contributed by atoms with Crippen LogP contribution in [0, 0.1) is 0 Å². The average molecular weight is 396 g/mol. The van der Waals surface area contributed by atoms with Crippen molar-refractivity contribution in [3.63, 3.8) is 0 Å². The summed E-state index contributed by atoms with van der Waals surface area (Å²) in [6.07, 6.45) is 0. The Hall–Kier alpha value is -1.36. The largest absolute Gasteiger partial charge is 0.348 e. The Morgan fingerprint density at radius 1 is 1.09 bits per heavy atom. The second kappa shape index (κ2) is 8.48. The third-order valence-electron chi connectivity index (χ3n) is 3.69. The first-order valence-electron chi connectivity index (χ1n) is 7.50. The van der Waals surface area contributed by atoms with E-state index >= 15 is 0 Å². The maximum absolute atomic E-state index is 12.1. The Balaban J connectivity index is 1.85. The van der Waals surface area contributed by atoms with E-state index in [0.29, 0.717) is 5.02 Å². The lowest BCUT2D eigenvalue weighted by molar-refractivity contribution is -0.121. The summed E-state index contributed by atoms with van der Waals surface area (Å²) in [6.45, 7) is 4.21. The van der Waals surface area contributed by atoms with Crippen LogP contribution in [0.15, 0.2) is 53.0 Å². The van der Waals surface area contributed by atoms with Crippen LogP contribution in [-0.4, -0.2) is 12.5 Å². The van der Waals surface area contributed by atoms with Gasteiger partial charge in [0, 0.05) is 15.5 Å². The van der Waals surface area contributed by atoms with E-state index in [1.807, 2.05) is 62.4 Å². The lowest BCUT2D eigenvalue weighted by Gasteiger charge is -2.18. The van der Waals surface area contributed by atoms with Gasteiger partial charge in [-0.15, -0.1) is 0 Å². The molecule has 122 valence electrons. The van der Waals surface area contributed by atoms with Gasteiger partial charge in [-0.1, -0.05) is 57.9 Å². The SMILES string of the molecule is C[C@H](NCC(=O)N[C@H](C)c1ccc(Br)cc1)c1ccccc1Cl. The molecule has 2 atom stereocenters. The minimum atomic E-state index is -0.0423. The highest BCUT2D eigenvalue weighted by Gasteiger charge is 2.12. The molecular weight excluding hydrogens is 376 g/mol. The molecule has 2 rings (SSSR count). The summed E-state index contributed by atoms with van der Waals surface area (Å²) in [5.41, 5.74) is 2.06. The van der Waals surface area contributed by atoms with Crippen molar-refractivity contribution in [2.45, 2.75) is 25.9 Å². The predicted molar refractivity (Wildman–Crippen MR) is 98.6 cm³/mol. The summed E-state index contributed by atoms with van der Waals surface area (Å²) in [4.78, 5) is 12.1. The van der Waals surface area contributed by atoms with Gasteiger partial charge in [0.05, 0.1) is 12.6 Å². The molecule has 0 saturated carbocycles. The van der Waals surface area contributed by atoms with E-state index in [1.165, 1.54) is 0 Å². The molecular formula is C18H20BrClN2O. The number of hydrogen-bond acceptors (Lipinski definition) is 2. The number of benzene rings is 2. The highest BCUT2D eigenvalue weighted by molar-refractivity contribution is 9.10. The van der Waals surface area contributed by atoms with Crippen molar-refractivity contribution < 1.29 is 4.79 Å². The zero-order chi connectivity index (χ0) is 16.8. The first-order valence-corrected chi connectivity index (χ1v) is 8.67. The highest BCUT2D eigenvalue weighted by atomic mass is 79.9. The van der Waals surface area contributed by atoms with Crippen molar-refractivity contribution in [2.24, 2.45) is 0 Å². The molecule has 0 unspecified atom stereocenters. The van der Waals surface area contributed by atoms with Gasteiger partial charge >= 0.3 is 0 Å². The maximum atomic E-state index is 12.1. The van der Waals surface area contributed by atoms with E-state index in [2.05, 4.69) is 26.6 Å². The quantitative estimate of drug-likeness (QED) is 0.748. The topological polar surface area (TPSA) is 41.1 Å². The van der Waals surface area contributed by atoms with Gasteiger partial charge in [0.2, 0.25) is 5.91 Å². The first kappa shape index (κ1) is 18.0. The number of nitrogens with one attached hydrogen (secondary N) is 2. The molecule has 3 nitrogen and oxygen atoms in total. The Morgan fingerprint density at radius 3 is 2.39 bits per heavy atom. The number of amides is 1. The van der Waals surface area contributed by atoms with Gasteiger partial charge in [0.1, 0.15) is 0 Å². The monoisotopic (exact) mass is 394 g/mol. The standard InChI is InChI=1S/C18H20BrClN2O/c1-12(14-7-9-15(19)10-8-14)22-18(23)11-21-13(2)16-5-3-4-6-17(16)20/h3-10,12-13,21H,11H2,1-2H3,(H,22,23)/t12-,13+/m1/s1. The lowest BCUT2D eigenvalue weighted by Crippen LogP contribution is -2.36. The summed E-state index contributed by atoms with van der Waals surface area (Å²) in [5.74, 6) is -0.0423. The molecule has 5 heteroatoms. The molecule has 0 aliphatic heterocycles. The first-order chi connectivity index (χ1) is 11.0. The Bertz CT molecular complexity index is 660. The molecule has 0 fully saturated rings. The molecule has 0 bridgehead atoms. The number of carbonyl (C=O) groups is 1. The summed E-state index contributed by atoms with van der Waals surface area (Å²) >= 11 is 9.57. The van der Waals surface area contributed by atoms with E-state index in [1.54, 1.807) is 0 Å². The van der Waals surface area contributed by atoms with Gasteiger partial charge < -0.3 is 10.6 Å². The predicted octanol–water partition coefficient (Wildman–Crippen LogP) is 4.63. The molecule has 2 N–H and O–H groups in total. The van der Waals surface area contributed by atoms with Crippen LogP contribution in [-0.2, 0) is 4.79 Å². The number of rotatable bonds is 6. The summed E-state index contributed by atoms with van der Waals surface area (Å²) in [7, 11) is 0. The van der Waals surface area contributed by atoms with Crippen molar-refractivity contribution in [2.75, 3.05) is 6.54 Å². The van der Waals surface area contributed by atoms with Gasteiger partial charge in [-0.2, -0.15) is 0 Å². The van der Waals surface area contributed by atoms with E-state index in [0.717, 1.165) is 15.6 Å². The van der Waals surface area contributed by atoms with E-state index in [9.17, 15) is 4.79 Å². The third-order valence-corrected chi connectivity index (χ3v) is 4.56. The Morgan fingerprint density at radius 2 is 1.74 bits per heavy atom. The van der Waals surface area contributed by atoms with Gasteiger partial charge in [-0.3, -0.25) is 4.79 Å². The molecule has 0 spiro atoms. The number of hydrogen-bond donors (Lipinski definition) is 2. The second-order valence-electron chi connectivity index (χ2n) is 5.46. The van der Waals surface area contributed by atoms with Gasteiger partial charge in [0.15, 0.2) is 0 Å². The van der Waals surface area contributed by atoms with Crippen LogP contribution in [0.3, 0.4) is 0 Å². The molecule has 23 heavy (non-hydrogen) atoms. The minimum absolute atomic E-state index is 0.0115. The highest BCUT2D eigenvalue weighted by Crippen LogP contribution is 2.22. The zero-order valence-corrected chi connectivity index (χ0v) is 15.5. The van der Waals surface area contributed by atoms with Gasteiger partial charge in [-0.25, -0.2) is 0 Å². The molecule has 0 heterocycles. The fraction of sp³-hybridized carbons (Fsp3) is 0.278. The van der Waals surface area contributed by atoms with E-state index in [4.69, 9.17) is 11.6 Å². The number of halogens is 2. The van der Waals surface area contributed by atoms with Gasteiger partial charge in [-0.05, 0) is 43.2 Å². The van der Waals surface area contributed by atoms with Crippen LogP contribution in [0.1, 0.15) is 37.1 Å². The molecule has 0 saturated heterocycles. The van der Waals surface area contributed by atoms with Crippen LogP contribution >= 0.6 is 27.5 Å². The Labute approximate surface area is 150 Å². The van der Waals surface area contributed by atoms with Gasteiger partial charge in [0.25, 0.3) is 0 Å². The van der Waals surface area contributed by atoms with Crippen molar-refractivity contribution in [3.05, 3.63) is 69.2 Å². The molecule has 0 aromatic heterocycles. The average Bonchev–Trinajstić information content (AvgIpc) is 2.53. The third kappa shape index (κ3) is 5.34. The molecule has 2 aromatic rings. The zero-order valence-electron chi connectivity index (χ0n) is 13.1. The second-order valence-corrected chi connectivity index (χ2v) is 6.79. The normalized spacial score (nSPS) is 13.4. The van der Waals surface area contributed by atoms with Crippen molar-refractivity contribution in [1.29, 1.82) is 0 Å². The van der Waals surface area contributed by atoms with Crippen LogP contribution in [0.5, 0.6) is 0 Å². The van der Waals surface area contributed by atoms with Crippen LogP contribution in [0.2, 0.25) is 5.02 Å². The minimum Gasteiger partial charge on any atom is -0.348 e. The maximum Gasteiger partial charge on any atom is 0.234 e.